The van der Waals surface area contributed by atoms with Crippen LogP contribution in [0.25, 0.3) is 0 Å². The van der Waals surface area contributed by atoms with E-state index in [-0.39, 0.29) is 12.4 Å². The maximum Gasteiger partial charge on any atom is 0.0205 e. The van der Waals surface area contributed by atoms with Crippen LogP contribution >= 0.6 is 12.4 Å². The van der Waals surface area contributed by atoms with Crippen LogP contribution in [0.4, 0.5) is 0 Å². The van der Waals surface area contributed by atoms with Gasteiger partial charge in [-0.05, 0) is 24.1 Å². The van der Waals surface area contributed by atoms with Gasteiger partial charge in [0.25, 0.3) is 0 Å². The van der Waals surface area contributed by atoms with Crippen LogP contribution in [0, 0.1) is 0 Å². The summed E-state index contributed by atoms with van der Waals surface area (Å²) in [4.78, 5) is 0. The minimum Gasteiger partial charge on any atom is -0.312 e. The second-order valence-corrected chi connectivity index (χ2v) is 3.90. The molecule has 2 aromatic carbocycles. The van der Waals surface area contributed by atoms with E-state index in [1.807, 2.05) is 6.07 Å². The molecule has 0 atom stereocenters. The average Bonchev–Trinajstić information content (AvgIpc) is 2.37. The number of benzene rings is 2. The van der Waals surface area contributed by atoms with E-state index < -0.39 is 0 Å². The fourth-order valence-corrected chi connectivity index (χ4v) is 1.71. The Balaban J connectivity index is 0.00000144. The molecule has 0 aliphatic heterocycles. The highest BCUT2D eigenvalue weighted by Gasteiger charge is 1.92. The number of hydrogen-bond acceptors (Lipinski definition) is 1. The van der Waals surface area contributed by atoms with Gasteiger partial charge in [0.1, 0.15) is 0 Å². The number of rotatable bonds is 5. The third-order valence-corrected chi connectivity index (χ3v) is 2.61. The van der Waals surface area contributed by atoms with Crippen molar-refractivity contribution in [3.63, 3.8) is 0 Å². The first-order chi connectivity index (χ1) is 7.95. The summed E-state index contributed by atoms with van der Waals surface area (Å²) in [5.41, 5.74) is 2.73. The molecule has 0 amide bonds. The zero-order valence-electron chi connectivity index (χ0n) is 9.80. The fraction of sp³-hybridized carbons (Fsp3) is 0.200. The topological polar surface area (TPSA) is 12.0 Å². The van der Waals surface area contributed by atoms with E-state index in [1.54, 1.807) is 0 Å². The minimum atomic E-state index is 0. The molecule has 0 saturated carbocycles. The minimum absolute atomic E-state index is 0. The molecule has 0 radical (unpaired) electrons. The summed E-state index contributed by atoms with van der Waals surface area (Å²) in [5, 5.41) is 3.45. The molecular formula is C15H18ClN. The van der Waals surface area contributed by atoms with E-state index in [9.17, 15) is 0 Å². The van der Waals surface area contributed by atoms with Crippen LogP contribution in [-0.4, -0.2) is 6.54 Å². The molecule has 2 heteroatoms. The van der Waals surface area contributed by atoms with Gasteiger partial charge in [0.2, 0.25) is 0 Å². The van der Waals surface area contributed by atoms with Crippen LogP contribution < -0.4 is 5.32 Å². The lowest BCUT2D eigenvalue weighted by atomic mass is 10.1. The molecule has 1 N–H and O–H groups in total. The maximum atomic E-state index is 3.45. The Morgan fingerprint density at radius 3 is 1.82 bits per heavy atom. The van der Waals surface area contributed by atoms with E-state index in [2.05, 4.69) is 59.9 Å². The van der Waals surface area contributed by atoms with Crippen LogP contribution in [0.3, 0.4) is 0 Å². The van der Waals surface area contributed by atoms with E-state index in [1.165, 1.54) is 11.1 Å². The average molecular weight is 248 g/mol. The first kappa shape index (κ1) is 13.8. The lowest BCUT2D eigenvalue weighted by Gasteiger charge is -2.04. The molecule has 0 aliphatic carbocycles. The molecule has 1 nitrogen and oxygen atoms in total. The van der Waals surface area contributed by atoms with Crippen LogP contribution in [0.15, 0.2) is 60.7 Å². The molecular weight excluding hydrogens is 230 g/mol. The highest BCUT2D eigenvalue weighted by molar-refractivity contribution is 5.85. The Morgan fingerprint density at radius 1 is 0.706 bits per heavy atom. The molecule has 0 fully saturated rings. The number of hydrogen-bond donors (Lipinski definition) is 1. The molecule has 0 aliphatic rings. The van der Waals surface area contributed by atoms with Gasteiger partial charge in [0.15, 0.2) is 0 Å². The van der Waals surface area contributed by atoms with Crippen molar-refractivity contribution < 1.29 is 0 Å². The van der Waals surface area contributed by atoms with Crippen LogP contribution in [0.2, 0.25) is 0 Å². The third-order valence-electron chi connectivity index (χ3n) is 2.61. The van der Waals surface area contributed by atoms with Gasteiger partial charge in [-0.15, -0.1) is 12.4 Å². The normalized spacial score (nSPS) is 9.65. The highest BCUT2D eigenvalue weighted by atomic mass is 35.5. The number of nitrogens with one attached hydrogen (secondary N) is 1. The van der Waals surface area contributed by atoms with Crippen LogP contribution in [0.5, 0.6) is 0 Å². The second kappa shape index (κ2) is 7.88. The van der Waals surface area contributed by atoms with Gasteiger partial charge in [0.05, 0.1) is 0 Å². The van der Waals surface area contributed by atoms with Crippen molar-refractivity contribution in [2.45, 2.75) is 13.0 Å². The standard InChI is InChI=1S/C15H17N.ClH/c1-3-7-14(8-4-1)11-12-16-13-15-9-5-2-6-10-15;/h1-10,16H,11-13H2;1H. The third kappa shape index (κ3) is 5.03. The molecule has 0 saturated heterocycles. The van der Waals surface area contributed by atoms with E-state index in [0.29, 0.717) is 0 Å². The molecule has 0 bridgehead atoms. The SMILES string of the molecule is Cl.c1ccc(CCNCc2ccccc2)cc1. The largest absolute Gasteiger partial charge is 0.312 e. The summed E-state index contributed by atoms with van der Waals surface area (Å²) in [6.45, 7) is 1.98. The first-order valence-corrected chi connectivity index (χ1v) is 5.74. The Labute approximate surface area is 109 Å². The quantitative estimate of drug-likeness (QED) is 0.799. The van der Waals surface area contributed by atoms with E-state index in [0.717, 1.165) is 19.5 Å². The predicted molar refractivity (Wildman–Crippen MR) is 75.5 cm³/mol. The maximum absolute atomic E-state index is 3.45. The molecule has 2 rings (SSSR count). The fourth-order valence-electron chi connectivity index (χ4n) is 1.71. The van der Waals surface area contributed by atoms with Gasteiger partial charge in [-0.3, -0.25) is 0 Å². The van der Waals surface area contributed by atoms with Gasteiger partial charge in [-0.1, -0.05) is 60.7 Å². The van der Waals surface area contributed by atoms with E-state index >= 15 is 0 Å². The summed E-state index contributed by atoms with van der Waals surface area (Å²) in [5.74, 6) is 0. The first-order valence-electron chi connectivity index (χ1n) is 5.74. The zero-order chi connectivity index (χ0) is 11.1. The lowest BCUT2D eigenvalue weighted by molar-refractivity contribution is 0.687. The van der Waals surface area contributed by atoms with Gasteiger partial charge >= 0.3 is 0 Å². The Hall–Kier alpha value is -1.31. The molecule has 90 valence electrons. The van der Waals surface area contributed by atoms with Crippen molar-refractivity contribution in [3.05, 3.63) is 71.8 Å². The van der Waals surface area contributed by atoms with Crippen LogP contribution in [-0.2, 0) is 13.0 Å². The van der Waals surface area contributed by atoms with Crippen molar-refractivity contribution in [3.8, 4) is 0 Å². The van der Waals surface area contributed by atoms with Gasteiger partial charge in [-0.2, -0.15) is 0 Å². The monoisotopic (exact) mass is 247 g/mol. The van der Waals surface area contributed by atoms with Crippen molar-refractivity contribution >= 4 is 12.4 Å². The van der Waals surface area contributed by atoms with E-state index in [4.69, 9.17) is 0 Å². The lowest BCUT2D eigenvalue weighted by Crippen LogP contribution is -2.16. The van der Waals surface area contributed by atoms with Crippen molar-refractivity contribution in [1.29, 1.82) is 0 Å². The Kier molecular flexibility index (Phi) is 6.38. The molecule has 0 aromatic heterocycles. The van der Waals surface area contributed by atoms with Crippen molar-refractivity contribution in [2.24, 2.45) is 0 Å². The molecule has 0 spiro atoms. The van der Waals surface area contributed by atoms with Gasteiger partial charge in [-0.25, -0.2) is 0 Å². The Bertz CT molecular complexity index is 358. The molecule has 0 heterocycles. The van der Waals surface area contributed by atoms with Gasteiger partial charge < -0.3 is 5.32 Å². The summed E-state index contributed by atoms with van der Waals surface area (Å²) in [7, 11) is 0. The highest BCUT2D eigenvalue weighted by Crippen LogP contribution is 2.00. The molecule has 0 unspecified atom stereocenters. The number of halogens is 1. The van der Waals surface area contributed by atoms with Crippen molar-refractivity contribution in [1.82, 2.24) is 5.32 Å². The zero-order valence-corrected chi connectivity index (χ0v) is 10.6. The summed E-state index contributed by atoms with van der Waals surface area (Å²) in [6.07, 6.45) is 1.09. The predicted octanol–water partition coefficient (Wildman–Crippen LogP) is 3.44. The summed E-state index contributed by atoms with van der Waals surface area (Å²) < 4.78 is 0. The summed E-state index contributed by atoms with van der Waals surface area (Å²) in [6, 6.07) is 21.1. The molecule has 2 aromatic rings. The molecule has 17 heavy (non-hydrogen) atoms. The summed E-state index contributed by atoms with van der Waals surface area (Å²) >= 11 is 0. The van der Waals surface area contributed by atoms with Crippen molar-refractivity contribution in [2.75, 3.05) is 6.54 Å². The second-order valence-electron chi connectivity index (χ2n) is 3.90. The Morgan fingerprint density at radius 2 is 1.24 bits per heavy atom. The van der Waals surface area contributed by atoms with Gasteiger partial charge in [0, 0.05) is 6.54 Å². The smallest absolute Gasteiger partial charge is 0.0205 e. The van der Waals surface area contributed by atoms with Crippen LogP contribution in [0.1, 0.15) is 11.1 Å².